The molecule has 1 saturated heterocycles. The van der Waals surface area contributed by atoms with Crippen molar-refractivity contribution in [1.29, 1.82) is 0 Å². The third-order valence-electron chi connectivity index (χ3n) is 7.03. The van der Waals surface area contributed by atoms with Gasteiger partial charge in [-0.05, 0) is 46.4 Å². The maximum absolute atomic E-state index is 13.9. The Hall–Kier alpha value is -3.83. The maximum atomic E-state index is 13.9. The Morgan fingerprint density at radius 3 is 2.38 bits per heavy atom. The largest absolute Gasteiger partial charge is 0.497 e. The van der Waals surface area contributed by atoms with Gasteiger partial charge in [-0.25, -0.2) is 4.79 Å². The normalized spacial score (nSPS) is 18.4. The maximum Gasteiger partial charge on any atom is 0.356 e. The molecule has 1 fully saturated rings. The van der Waals surface area contributed by atoms with Crippen molar-refractivity contribution in [2.24, 2.45) is 5.73 Å². The minimum absolute atomic E-state index is 0.0742. The van der Waals surface area contributed by atoms with Crippen LogP contribution in [0.4, 0.5) is 0 Å². The highest BCUT2D eigenvalue weighted by molar-refractivity contribution is 8.04. The number of hydrogen-bond donors (Lipinski definition) is 1. The Kier molecular flexibility index (Phi) is 8.21. The molecule has 6 rings (SSSR count). The zero-order valence-corrected chi connectivity index (χ0v) is 24.9. The first kappa shape index (κ1) is 28.3. The number of carbonyl (C=O) groups excluding carboxylic acids is 2. The standard InChI is InChI=1S/C32H26N2O5S3/c1-38-22-12-13-23-24(35)17-26(42-25(23)16-22)40-15-14-21-18-41-31-27(33)30(36)34(31)28(21)32(37)39-29(19-8-4-2-5-9-19)20-10-6-3-7-11-20/h2-17,27,29,31H,18,33H2,1H3/t27-,31-/m1/s1. The molecule has 212 valence electrons. The summed E-state index contributed by atoms with van der Waals surface area (Å²) in [7, 11) is 1.59. The summed E-state index contributed by atoms with van der Waals surface area (Å²) in [4.78, 5) is 40.9. The van der Waals surface area contributed by atoms with Gasteiger partial charge in [-0.15, -0.1) is 23.1 Å². The van der Waals surface area contributed by atoms with Crippen LogP contribution in [0.15, 0.2) is 117 Å². The summed E-state index contributed by atoms with van der Waals surface area (Å²) in [6.45, 7) is 0. The molecule has 2 aliphatic heterocycles. The van der Waals surface area contributed by atoms with Gasteiger partial charge in [0.25, 0.3) is 0 Å². The second kappa shape index (κ2) is 12.2. The van der Waals surface area contributed by atoms with E-state index in [1.54, 1.807) is 25.3 Å². The van der Waals surface area contributed by atoms with Gasteiger partial charge >= 0.3 is 5.97 Å². The van der Waals surface area contributed by atoms with Crippen LogP contribution < -0.4 is 15.9 Å². The SMILES string of the molecule is COc1ccc2c(=O)cc(SC=CC3=C(C(=O)OC(c4ccccc4)c4ccccc4)N4C(=O)[C@@H](N)[C@H]4SC3)sc2c1. The van der Waals surface area contributed by atoms with Crippen molar-refractivity contribution in [3.05, 3.63) is 129 Å². The molecule has 0 saturated carbocycles. The Labute approximate surface area is 255 Å². The van der Waals surface area contributed by atoms with Gasteiger partial charge in [-0.1, -0.05) is 72.4 Å². The van der Waals surface area contributed by atoms with Crippen LogP contribution in [0.1, 0.15) is 17.2 Å². The van der Waals surface area contributed by atoms with Crippen LogP contribution in [0.25, 0.3) is 10.1 Å². The number of fused-ring (bicyclic) bond motifs is 2. The molecule has 0 radical (unpaired) electrons. The lowest BCUT2D eigenvalue weighted by molar-refractivity contribution is -0.153. The van der Waals surface area contributed by atoms with Crippen molar-refractivity contribution in [1.82, 2.24) is 4.90 Å². The van der Waals surface area contributed by atoms with Crippen LogP contribution in [0.5, 0.6) is 5.75 Å². The molecule has 0 unspecified atom stereocenters. The second-order valence-electron chi connectivity index (χ2n) is 9.63. The summed E-state index contributed by atoms with van der Waals surface area (Å²) in [6.07, 6.45) is 1.16. The number of ether oxygens (including phenoxy) is 2. The average Bonchev–Trinajstić information content (AvgIpc) is 3.03. The van der Waals surface area contributed by atoms with Crippen molar-refractivity contribution in [3.63, 3.8) is 0 Å². The summed E-state index contributed by atoms with van der Waals surface area (Å²) in [5.41, 5.74) is 8.51. The second-order valence-corrected chi connectivity index (χ2v) is 13.0. The van der Waals surface area contributed by atoms with Crippen molar-refractivity contribution in [2.45, 2.75) is 21.7 Å². The van der Waals surface area contributed by atoms with Crippen LogP contribution >= 0.6 is 34.9 Å². The first-order valence-electron chi connectivity index (χ1n) is 13.1. The van der Waals surface area contributed by atoms with Crippen LogP contribution in [-0.2, 0) is 14.3 Å². The number of nitrogens with zero attached hydrogens (tertiary/aromatic N) is 1. The Balaban J connectivity index is 1.32. The number of carbonyl (C=O) groups is 2. The number of rotatable bonds is 8. The van der Waals surface area contributed by atoms with E-state index >= 15 is 0 Å². The van der Waals surface area contributed by atoms with Gasteiger partial charge < -0.3 is 15.2 Å². The van der Waals surface area contributed by atoms with E-state index in [4.69, 9.17) is 15.2 Å². The van der Waals surface area contributed by atoms with Crippen molar-refractivity contribution in [2.75, 3.05) is 12.9 Å². The van der Waals surface area contributed by atoms with E-state index in [0.29, 0.717) is 22.5 Å². The van der Waals surface area contributed by atoms with Gasteiger partial charge in [0.15, 0.2) is 11.5 Å². The van der Waals surface area contributed by atoms with Gasteiger partial charge in [0.1, 0.15) is 22.9 Å². The molecule has 42 heavy (non-hydrogen) atoms. The molecule has 1 amide bonds. The van der Waals surface area contributed by atoms with E-state index < -0.39 is 18.1 Å². The molecule has 4 aromatic rings. The summed E-state index contributed by atoms with van der Waals surface area (Å²) in [5.74, 6) is 0.260. The number of hydrogen-bond acceptors (Lipinski definition) is 9. The van der Waals surface area contributed by atoms with E-state index in [9.17, 15) is 14.4 Å². The smallest absolute Gasteiger partial charge is 0.356 e. The predicted molar refractivity (Wildman–Crippen MR) is 169 cm³/mol. The predicted octanol–water partition coefficient (Wildman–Crippen LogP) is 5.71. The lowest BCUT2D eigenvalue weighted by Gasteiger charge is -2.48. The fourth-order valence-electron chi connectivity index (χ4n) is 4.89. The molecule has 3 aromatic carbocycles. The molecule has 2 N–H and O–H groups in total. The Morgan fingerprint density at radius 1 is 1.02 bits per heavy atom. The summed E-state index contributed by atoms with van der Waals surface area (Å²) < 4.78 is 13.1. The van der Waals surface area contributed by atoms with E-state index in [1.165, 1.54) is 39.8 Å². The fraction of sp³-hybridized carbons (Fsp3) is 0.156. The highest BCUT2D eigenvalue weighted by atomic mass is 32.2. The minimum Gasteiger partial charge on any atom is -0.497 e. The summed E-state index contributed by atoms with van der Waals surface area (Å²) >= 11 is 4.36. The average molecular weight is 615 g/mol. The molecule has 0 aliphatic carbocycles. The number of benzene rings is 3. The van der Waals surface area contributed by atoms with Crippen LogP contribution in [0, 0.1) is 0 Å². The Bertz CT molecular complexity index is 1730. The monoisotopic (exact) mass is 614 g/mol. The Morgan fingerprint density at radius 2 is 1.71 bits per heavy atom. The molecule has 3 heterocycles. The summed E-state index contributed by atoms with van der Waals surface area (Å²) in [6, 6.07) is 25.3. The molecule has 7 nitrogen and oxygen atoms in total. The minimum atomic E-state index is -0.663. The number of thioether (sulfide) groups is 2. The third-order valence-corrected chi connectivity index (χ3v) is 10.4. The third kappa shape index (κ3) is 5.50. The van der Waals surface area contributed by atoms with Crippen LogP contribution in [0.3, 0.4) is 0 Å². The zero-order chi connectivity index (χ0) is 29.2. The molecule has 10 heteroatoms. The van der Waals surface area contributed by atoms with Gasteiger partial charge in [0.05, 0.1) is 11.3 Å². The van der Waals surface area contributed by atoms with E-state index in [-0.39, 0.29) is 22.4 Å². The molecular formula is C32H26N2O5S3. The molecule has 2 atom stereocenters. The molecule has 0 bridgehead atoms. The van der Waals surface area contributed by atoms with Gasteiger partial charge in [-0.2, -0.15) is 0 Å². The zero-order valence-electron chi connectivity index (χ0n) is 22.5. The molecule has 0 spiro atoms. The molecule has 2 aliphatic rings. The highest BCUT2D eigenvalue weighted by Crippen LogP contribution is 2.41. The van der Waals surface area contributed by atoms with E-state index in [0.717, 1.165) is 20.0 Å². The van der Waals surface area contributed by atoms with Crippen LogP contribution in [0.2, 0.25) is 0 Å². The van der Waals surface area contributed by atoms with Gasteiger partial charge in [0.2, 0.25) is 5.91 Å². The first-order chi connectivity index (χ1) is 20.4. The van der Waals surface area contributed by atoms with Gasteiger partial charge in [-0.3, -0.25) is 14.5 Å². The number of esters is 1. The number of amides is 1. The van der Waals surface area contributed by atoms with Crippen molar-refractivity contribution >= 4 is 56.8 Å². The van der Waals surface area contributed by atoms with Gasteiger partial charge in [0, 0.05) is 21.9 Å². The fourth-order valence-corrected chi connectivity index (χ4v) is 8.16. The van der Waals surface area contributed by atoms with Crippen LogP contribution in [-0.4, -0.2) is 41.1 Å². The summed E-state index contributed by atoms with van der Waals surface area (Å²) in [5, 5.41) is 2.14. The lowest BCUT2D eigenvalue weighted by atomic mass is 10.0. The topological polar surface area (TPSA) is 98.9 Å². The lowest BCUT2D eigenvalue weighted by Crippen LogP contribution is -2.68. The highest BCUT2D eigenvalue weighted by Gasteiger charge is 2.52. The number of allylic oxidation sites excluding steroid dienone is 1. The van der Waals surface area contributed by atoms with E-state index in [1.807, 2.05) is 78.2 Å². The first-order valence-corrected chi connectivity index (χ1v) is 15.9. The van der Waals surface area contributed by atoms with E-state index in [2.05, 4.69) is 0 Å². The quantitative estimate of drug-likeness (QED) is 0.153. The molecule has 1 aromatic heterocycles. The molecular weight excluding hydrogens is 589 g/mol. The number of β-lactam (4-membered cyclic amide) rings is 1. The number of methoxy groups -OCH3 is 1. The number of nitrogens with two attached hydrogens (primary N) is 1. The van der Waals surface area contributed by atoms with Crippen molar-refractivity contribution < 1.29 is 19.1 Å². The van der Waals surface area contributed by atoms with Crippen molar-refractivity contribution in [3.8, 4) is 5.75 Å².